The lowest BCUT2D eigenvalue weighted by molar-refractivity contribution is -0.137. The molecular formula is C24H29N3O2. The number of hydrogen-bond donors (Lipinski definition) is 0. The molecule has 1 unspecified atom stereocenters. The van der Waals surface area contributed by atoms with E-state index < -0.39 is 0 Å². The highest BCUT2D eigenvalue weighted by Crippen LogP contribution is 2.27. The monoisotopic (exact) mass is 391 g/mol. The quantitative estimate of drug-likeness (QED) is 0.805. The Bertz CT molecular complexity index is 885. The van der Waals surface area contributed by atoms with Crippen LogP contribution in [0.5, 0.6) is 0 Å². The lowest BCUT2D eigenvalue weighted by Gasteiger charge is -2.36. The average molecular weight is 392 g/mol. The molecule has 2 amide bonds. The van der Waals surface area contributed by atoms with Crippen molar-refractivity contribution in [2.75, 3.05) is 37.6 Å². The molecule has 0 aromatic heterocycles. The van der Waals surface area contributed by atoms with Crippen LogP contribution in [-0.4, -0.2) is 54.3 Å². The molecule has 2 aliphatic heterocycles. The van der Waals surface area contributed by atoms with E-state index in [2.05, 4.69) is 36.1 Å². The number of hydrogen-bond acceptors (Lipinski definition) is 3. The molecule has 5 heteroatoms. The van der Waals surface area contributed by atoms with Crippen LogP contribution in [0.2, 0.25) is 0 Å². The van der Waals surface area contributed by atoms with Crippen molar-refractivity contribution < 1.29 is 9.59 Å². The Kier molecular flexibility index (Phi) is 5.67. The fourth-order valence-corrected chi connectivity index (χ4v) is 4.25. The molecule has 2 heterocycles. The molecule has 0 radical (unpaired) electrons. The van der Waals surface area contributed by atoms with Gasteiger partial charge in [0.15, 0.2) is 0 Å². The maximum Gasteiger partial charge on any atom is 0.228 e. The van der Waals surface area contributed by atoms with Crippen LogP contribution in [0.4, 0.5) is 5.69 Å². The van der Waals surface area contributed by atoms with Crippen LogP contribution in [0, 0.1) is 19.8 Å². The summed E-state index contributed by atoms with van der Waals surface area (Å²) in [4.78, 5) is 31.6. The Morgan fingerprint density at radius 1 is 0.966 bits per heavy atom. The Balaban J connectivity index is 1.31. The van der Waals surface area contributed by atoms with Crippen LogP contribution >= 0.6 is 0 Å². The fourth-order valence-electron chi connectivity index (χ4n) is 4.25. The third kappa shape index (κ3) is 4.51. The van der Waals surface area contributed by atoms with E-state index in [4.69, 9.17) is 0 Å². The van der Waals surface area contributed by atoms with Crippen molar-refractivity contribution in [1.82, 2.24) is 9.80 Å². The summed E-state index contributed by atoms with van der Waals surface area (Å²) in [6, 6.07) is 16.6. The molecule has 0 bridgehead atoms. The first-order valence-electron chi connectivity index (χ1n) is 10.4. The SMILES string of the molecule is Cc1ccc(CN2CCN(C(=O)C3CC(=O)N(c4cccc(C)c4)C3)CC2)cc1. The predicted octanol–water partition coefficient (Wildman–Crippen LogP) is 3.00. The number of piperazine rings is 1. The van der Waals surface area contributed by atoms with Crippen molar-refractivity contribution >= 4 is 17.5 Å². The summed E-state index contributed by atoms with van der Waals surface area (Å²) < 4.78 is 0. The second kappa shape index (κ2) is 8.37. The number of benzene rings is 2. The minimum absolute atomic E-state index is 0.0481. The summed E-state index contributed by atoms with van der Waals surface area (Å²) in [5, 5.41) is 0. The number of nitrogens with zero attached hydrogens (tertiary/aromatic N) is 3. The second-order valence-electron chi connectivity index (χ2n) is 8.33. The zero-order valence-corrected chi connectivity index (χ0v) is 17.3. The lowest BCUT2D eigenvalue weighted by atomic mass is 10.1. The smallest absolute Gasteiger partial charge is 0.228 e. The third-order valence-electron chi connectivity index (χ3n) is 6.00. The normalized spacial score (nSPS) is 20.3. The molecule has 2 saturated heterocycles. The first-order valence-corrected chi connectivity index (χ1v) is 10.4. The summed E-state index contributed by atoms with van der Waals surface area (Å²) in [5.41, 5.74) is 4.60. The molecule has 2 fully saturated rings. The highest BCUT2D eigenvalue weighted by Gasteiger charge is 2.37. The highest BCUT2D eigenvalue weighted by molar-refractivity contribution is 6.00. The molecule has 2 aromatic rings. The number of anilines is 1. The van der Waals surface area contributed by atoms with Gasteiger partial charge in [-0.1, -0.05) is 42.0 Å². The summed E-state index contributed by atoms with van der Waals surface area (Å²) in [5.74, 6) is -0.0536. The van der Waals surface area contributed by atoms with Gasteiger partial charge in [0.25, 0.3) is 0 Å². The van der Waals surface area contributed by atoms with Crippen LogP contribution in [0.25, 0.3) is 0 Å². The first kappa shape index (κ1) is 19.6. The van der Waals surface area contributed by atoms with Crippen LogP contribution in [0.3, 0.4) is 0 Å². The highest BCUT2D eigenvalue weighted by atomic mass is 16.2. The fraction of sp³-hybridized carbons (Fsp3) is 0.417. The van der Waals surface area contributed by atoms with Crippen molar-refractivity contribution in [3.05, 3.63) is 65.2 Å². The molecule has 0 N–H and O–H groups in total. The van der Waals surface area contributed by atoms with Crippen LogP contribution in [-0.2, 0) is 16.1 Å². The van der Waals surface area contributed by atoms with E-state index in [1.54, 1.807) is 4.90 Å². The van der Waals surface area contributed by atoms with Gasteiger partial charge in [0.05, 0.1) is 5.92 Å². The maximum absolute atomic E-state index is 13.0. The standard InChI is InChI=1S/C24H29N3O2/c1-18-6-8-20(9-7-18)16-25-10-12-26(13-11-25)24(29)21-15-23(28)27(17-21)22-5-3-4-19(2)14-22/h3-9,14,21H,10-13,15-17H2,1-2H3. The summed E-state index contributed by atoms with van der Waals surface area (Å²) in [6.45, 7) is 8.75. The van der Waals surface area contributed by atoms with Crippen molar-refractivity contribution in [2.24, 2.45) is 5.92 Å². The average Bonchev–Trinajstić information content (AvgIpc) is 3.11. The Morgan fingerprint density at radius 3 is 2.38 bits per heavy atom. The number of rotatable bonds is 4. The number of amides is 2. The predicted molar refractivity (Wildman–Crippen MR) is 115 cm³/mol. The van der Waals surface area contributed by atoms with Gasteiger partial charge in [-0.2, -0.15) is 0 Å². The van der Waals surface area contributed by atoms with Gasteiger partial charge < -0.3 is 9.80 Å². The molecule has 0 spiro atoms. The summed E-state index contributed by atoms with van der Waals surface area (Å²) >= 11 is 0. The van der Waals surface area contributed by atoms with Crippen LogP contribution in [0.1, 0.15) is 23.1 Å². The molecule has 29 heavy (non-hydrogen) atoms. The van der Waals surface area contributed by atoms with E-state index in [-0.39, 0.29) is 17.7 Å². The topological polar surface area (TPSA) is 43.9 Å². The molecule has 1 atom stereocenters. The molecular weight excluding hydrogens is 362 g/mol. The third-order valence-corrected chi connectivity index (χ3v) is 6.00. The van der Waals surface area contributed by atoms with E-state index in [1.807, 2.05) is 36.1 Å². The van der Waals surface area contributed by atoms with Gasteiger partial charge in [-0.05, 0) is 37.1 Å². The van der Waals surface area contributed by atoms with Gasteiger partial charge in [-0.15, -0.1) is 0 Å². The van der Waals surface area contributed by atoms with Gasteiger partial charge in [-0.25, -0.2) is 0 Å². The largest absolute Gasteiger partial charge is 0.340 e. The minimum Gasteiger partial charge on any atom is -0.340 e. The van der Waals surface area contributed by atoms with Gasteiger partial charge in [0, 0.05) is 51.4 Å². The van der Waals surface area contributed by atoms with Crippen molar-refractivity contribution in [3.8, 4) is 0 Å². The molecule has 5 nitrogen and oxygen atoms in total. The van der Waals surface area contributed by atoms with E-state index in [0.717, 1.165) is 44.0 Å². The number of carbonyl (C=O) groups is 2. The molecule has 152 valence electrons. The van der Waals surface area contributed by atoms with Crippen LogP contribution < -0.4 is 4.90 Å². The van der Waals surface area contributed by atoms with Gasteiger partial charge in [0.1, 0.15) is 0 Å². The van der Waals surface area contributed by atoms with Crippen molar-refractivity contribution in [1.29, 1.82) is 0 Å². The zero-order valence-electron chi connectivity index (χ0n) is 17.3. The van der Waals surface area contributed by atoms with Crippen molar-refractivity contribution in [2.45, 2.75) is 26.8 Å². The minimum atomic E-state index is -0.230. The molecule has 0 saturated carbocycles. The summed E-state index contributed by atoms with van der Waals surface area (Å²) in [7, 11) is 0. The maximum atomic E-state index is 13.0. The molecule has 2 aromatic carbocycles. The molecule has 0 aliphatic carbocycles. The Morgan fingerprint density at radius 2 is 1.69 bits per heavy atom. The van der Waals surface area contributed by atoms with E-state index >= 15 is 0 Å². The molecule has 4 rings (SSSR count). The van der Waals surface area contributed by atoms with Gasteiger partial charge >= 0.3 is 0 Å². The van der Waals surface area contributed by atoms with Gasteiger partial charge in [0.2, 0.25) is 11.8 Å². The van der Waals surface area contributed by atoms with E-state index in [0.29, 0.717) is 13.0 Å². The van der Waals surface area contributed by atoms with Gasteiger partial charge in [-0.3, -0.25) is 14.5 Å². The number of carbonyl (C=O) groups excluding carboxylic acids is 2. The first-order chi connectivity index (χ1) is 14.0. The van der Waals surface area contributed by atoms with Crippen molar-refractivity contribution in [3.63, 3.8) is 0 Å². The summed E-state index contributed by atoms with van der Waals surface area (Å²) in [6.07, 6.45) is 0.316. The van der Waals surface area contributed by atoms with Crippen LogP contribution in [0.15, 0.2) is 48.5 Å². The molecule has 2 aliphatic rings. The zero-order chi connectivity index (χ0) is 20.4. The number of aryl methyl sites for hydroxylation is 2. The second-order valence-corrected chi connectivity index (χ2v) is 8.33. The lowest BCUT2D eigenvalue weighted by Crippen LogP contribution is -2.50. The van der Waals surface area contributed by atoms with E-state index in [9.17, 15) is 9.59 Å². The van der Waals surface area contributed by atoms with E-state index in [1.165, 1.54) is 11.1 Å². The Labute approximate surface area is 172 Å². The Hall–Kier alpha value is -2.66.